The summed E-state index contributed by atoms with van der Waals surface area (Å²) >= 11 is 1.03. The second-order valence-corrected chi connectivity index (χ2v) is 4.29. The average Bonchev–Trinajstić information content (AvgIpc) is 2.22. The smallest absolute Gasteiger partial charge is 0.362 e. The van der Waals surface area contributed by atoms with Gasteiger partial charge in [-0.05, 0) is 24.5 Å². The van der Waals surface area contributed by atoms with E-state index < -0.39 is 15.9 Å². The molecular formula is C7H16N5O4S+. The van der Waals surface area contributed by atoms with Crippen molar-refractivity contribution in [2.45, 2.75) is 17.7 Å². The van der Waals surface area contributed by atoms with Crippen molar-refractivity contribution in [1.82, 2.24) is 5.43 Å². The van der Waals surface area contributed by atoms with Gasteiger partial charge in [-0.3, -0.25) is 0 Å². The molecule has 0 aromatic rings. The van der Waals surface area contributed by atoms with Crippen LogP contribution in [-0.4, -0.2) is 44.9 Å². The van der Waals surface area contributed by atoms with Crippen LogP contribution in [0.5, 0.6) is 0 Å². The number of hydrazine groups is 1. The Morgan fingerprint density at radius 3 is 2.65 bits per heavy atom. The maximum atomic E-state index is 10.8. The Labute approximate surface area is 102 Å². The first kappa shape index (κ1) is 15.4. The molecule has 0 aromatic carbocycles. The lowest BCUT2D eigenvalue weighted by Gasteiger charge is -2.21. The lowest BCUT2D eigenvalue weighted by Crippen LogP contribution is -2.44. The van der Waals surface area contributed by atoms with Gasteiger partial charge in [-0.25, -0.2) is 15.0 Å². The minimum atomic E-state index is -1.35. The molecule has 0 rings (SSSR count). The lowest BCUT2D eigenvalue weighted by molar-refractivity contribution is -0.822. The molecular weight excluding hydrogens is 250 g/mol. The molecule has 0 aromatic heterocycles. The van der Waals surface area contributed by atoms with Crippen LogP contribution in [0.15, 0.2) is 4.99 Å². The van der Waals surface area contributed by atoms with Gasteiger partial charge < -0.3 is 16.6 Å². The van der Waals surface area contributed by atoms with E-state index >= 15 is 0 Å². The molecule has 0 unspecified atom stereocenters. The van der Waals surface area contributed by atoms with E-state index in [2.05, 4.69) is 4.99 Å². The van der Waals surface area contributed by atoms with E-state index in [0.29, 0.717) is 6.42 Å². The molecule has 0 aliphatic carbocycles. The number of nitrogens with one attached hydrogen (secondary N) is 1. The molecule has 7 N–H and O–H groups in total. The van der Waals surface area contributed by atoms with Crippen LogP contribution < -0.4 is 16.9 Å². The minimum Gasteiger partial charge on any atom is -0.479 e. The maximum absolute atomic E-state index is 10.8. The summed E-state index contributed by atoms with van der Waals surface area (Å²) in [5, 5.41) is 16.5. The van der Waals surface area contributed by atoms with Gasteiger partial charge in [0, 0.05) is 6.54 Å². The highest BCUT2D eigenvalue weighted by atomic mass is 32.2. The van der Waals surface area contributed by atoms with Crippen LogP contribution in [0.25, 0.3) is 0 Å². The molecule has 0 amide bonds. The fraction of sp³-hybridized carbons (Fsp3) is 0.714. The highest BCUT2D eigenvalue weighted by Gasteiger charge is 2.32. The predicted octanol–water partition coefficient (Wildman–Crippen LogP) is -1.14. The van der Waals surface area contributed by atoms with Crippen molar-refractivity contribution >= 4 is 23.7 Å². The number of hydrogen-bond acceptors (Lipinski definition) is 5. The Morgan fingerprint density at radius 1 is 1.65 bits per heavy atom. The third-order valence-electron chi connectivity index (χ3n) is 1.92. The van der Waals surface area contributed by atoms with Crippen LogP contribution in [0.1, 0.15) is 12.8 Å². The first-order chi connectivity index (χ1) is 7.81. The molecule has 0 spiro atoms. The molecule has 17 heavy (non-hydrogen) atoms. The number of guanidine groups is 1. The number of carbonyl (C=O) groups is 1. The summed E-state index contributed by atoms with van der Waals surface area (Å²) in [6, 6.07) is 0. The molecule has 0 heterocycles. The quantitative estimate of drug-likeness (QED) is 0.127. The maximum Gasteiger partial charge on any atom is 0.362 e. The summed E-state index contributed by atoms with van der Waals surface area (Å²) in [5.41, 5.74) is 12.6. The first-order valence-electron chi connectivity index (χ1n) is 4.62. The molecule has 0 saturated carbocycles. The van der Waals surface area contributed by atoms with Crippen LogP contribution >= 0.6 is 11.8 Å². The number of nitrogens with two attached hydrogens (primary N) is 2. The van der Waals surface area contributed by atoms with Gasteiger partial charge in [0.05, 0.1) is 0 Å². The molecule has 10 heteroatoms. The fourth-order valence-electron chi connectivity index (χ4n) is 0.971. The van der Waals surface area contributed by atoms with E-state index in [1.165, 1.54) is 0 Å². The summed E-state index contributed by atoms with van der Waals surface area (Å²) in [4.78, 5) is 23.2. The van der Waals surface area contributed by atoms with Crippen molar-refractivity contribution in [1.29, 1.82) is 0 Å². The summed E-state index contributed by atoms with van der Waals surface area (Å²) in [5.74, 6) is -1.36. The zero-order valence-corrected chi connectivity index (χ0v) is 10.1. The summed E-state index contributed by atoms with van der Waals surface area (Å²) < 4.78 is 0. The van der Waals surface area contributed by atoms with Crippen molar-refractivity contribution in [3.63, 3.8) is 0 Å². The van der Waals surface area contributed by atoms with Gasteiger partial charge in [0.2, 0.25) is 0 Å². The van der Waals surface area contributed by atoms with Gasteiger partial charge >= 0.3 is 11.0 Å². The molecule has 0 radical (unpaired) electrons. The average molecular weight is 266 g/mol. The molecule has 0 aliphatic heterocycles. The van der Waals surface area contributed by atoms with E-state index in [9.17, 15) is 9.70 Å². The van der Waals surface area contributed by atoms with Crippen LogP contribution in [0.4, 0.5) is 0 Å². The summed E-state index contributed by atoms with van der Waals surface area (Å²) in [7, 11) is 0. The fourth-order valence-corrected chi connectivity index (χ4v) is 1.49. The van der Waals surface area contributed by atoms with E-state index in [1.54, 1.807) is 11.7 Å². The van der Waals surface area contributed by atoms with Crippen molar-refractivity contribution in [3.8, 4) is 0 Å². The first-order valence-corrected chi connectivity index (χ1v) is 5.84. The number of nitrogens with zero attached hydrogens (tertiary/aromatic N) is 2. The van der Waals surface area contributed by atoms with E-state index in [1.807, 2.05) is 0 Å². The Balaban J connectivity index is 4.07. The third kappa shape index (κ3) is 5.92. The predicted molar refractivity (Wildman–Crippen MR) is 62.3 cm³/mol. The number of aliphatic imine (C=N–C) groups is 1. The molecule has 1 atom stereocenters. The minimum absolute atomic E-state index is 0.194. The lowest BCUT2D eigenvalue weighted by atomic mass is 10.1. The van der Waals surface area contributed by atoms with Gasteiger partial charge in [-0.2, -0.15) is 0 Å². The SMILES string of the molecule is CS[C@@](N)(CCCN=C(N)N[N+](=O)O)C(=O)O. The number of carboxylic acids is 1. The van der Waals surface area contributed by atoms with Crippen LogP contribution in [0, 0.1) is 4.91 Å². The van der Waals surface area contributed by atoms with Crippen LogP contribution in [0.3, 0.4) is 0 Å². The highest BCUT2D eigenvalue weighted by Crippen LogP contribution is 2.22. The van der Waals surface area contributed by atoms with E-state index in [-0.39, 0.29) is 18.9 Å². The van der Waals surface area contributed by atoms with E-state index in [4.69, 9.17) is 21.8 Å². The standard InChI is InChI=1S/C7H15N5O4S/c1-17-7(9,5(13)14)3-2-4-10-6(8)11-12(15)16/h2-4,9H2,1H3,(H4-,8,10,11,13,14,15,16)/p+1/t7-/m0/s1. The Bertz CT molecular complexity index is 323. The van der Waals surface area contributed by atoms with Gasteiger partial charge in [0.25, 0.3) is 5.96 Å². The van der Waals surface area contributed by atoms with Gasteiger partial charge in [-0.1, -0.05) is 0 Å². The van der Waals surface area contributed by atoms with Crippen molar-refractivity contribution in [2.24, 2.45) is 16.5 Å². The highest BCUT2D eigenvalue weighted by molar-refractivity contribution is 8.00. The number of aliphatic carboxylic acids is 1. The van der Waals surface area contributed by atoms with Crippen LogP contribution in [-0.2, 0) is 4.79 Å². The van der Waals surface area contributed by atoms with E-state index in [0.717, 1.165) is 11.8 Å². The zero-order chi connectivity index (χ0) is 13.5. The second-order valence-electron chi connectivity index (χ2n) is 3.15. The monoisotopic (exact) mass is 266 g/mol. The summed E-state index contributed by atoms with van der Waals surface area (Å²) in [6.45, 7) is 0.194. The topological polar surface area (TPSA) is 154 Å². The Morgan fingerprint density at radius 2 is 2.24 bits per heavy atom. The molecule has 0 fully saturated rings. The number of thioether (sulfide) groups is 1. The number of hydrogen-bond donors (Lipinski definition) is 5. The molecule has 0 aliphatic rings. The zero-order valence-electron chi connectivity index (χ0n) is 9.29. The largest absolute Gasteiger partial charge is 0.479 e. The number of rotatable bonds is 7. The summed E-state index contributed by atoms with van der Waals surface area (Å²) in [6.07, 6.45) is 2.20. The molecule has 9 nitrogen and oxygen atoms in total. The van der Waals surface area contributed by atoms with Crippen molar-refractivity contribution in [3.05, 3.63) is 4.91 Å². The van der Waals surface area contributed by atoms with Crippen molar-refractivity contribution < 1.29 is 20.1 Å². The van der Waals surface area contributed by atoms with Crippen LogP contribution in [0.2, 0.25) is 0 Å². The van der Waals surface area contributed by atoms with Crippen molar-refractivity contribution in [2.75, 3.05) is 12.8 Å². The van der Waals surface area contributed by atoms with Gasteiger partial charge in [0.15, 0.2) is 4.87 Å². The van der Waals surface area contributed by atoms with Gasteiger partial charge in [0.1, 0.15) is 4.91 Å². The third-order valence-corrected chi connectivity index (χ3v) is 3.03. The number of carboxylic acid groups (broad SMARTS) is 1. The molecule has 98 valence electrons. The second kappa shape index (κ2) is 6.91. The Kier molecular flexibility index (Phi) is 6.28. The molecule has 0 saturated heterocycles. The normalized spacial score (nSPS) is 15.1. The molecule has 0 bridgehead atoms. The van der Waals surface area contributed by atoms with Gasteiger partial charge in [-0.15, -0.1) is 11.8 Å². The Hall–Kier alpha value is -1.55.